The third kappa shape index (κ3) is 6.90. The van der Waals surface area contributed by atoms with Gasteiger partial charge in [-0.2, -0.15) is 0 Å². The van der Waals surface area contributed by atoms with E-state index in [-0.39, 0.29) is 56.5 Å². The lowest BCUT2D eigenvalue weighted by molar-refractivity contribution is -0.190. The van der Waals surface area contributed by atoms with Crippen molar-refractivity contribution in [1.29, 1.82) is 0 Å². The van der Waals surface area contributed by atoms with Crippen LogP contribution in [-0.4, -0.2) is 95.3 Å². The van der Waals surface area contributed by atoms with E-state index in [0.717, 1.165) is 37.7 Å². The third-order valence-corrected chi connectivity index (χ3v) is 7.72. The van der Waals surface area contributed by atoms with E-state index in [4.69, 9.17) is 4.74 Å². The van der Waals surface area contributed by atoms with Gasteiger partial charge in [0.15, 0.2) is 0 Å². The molecule has 0 aromatic heterocycles. The van der Waals surface area contributed by atoms with Gasteiger partial charge in [-0.15, -0.1) is 0 Å². The smallest absolute Gasteiger partial charge is 0.407 e. The van der Waals surface area contributed by atoms with Gasteiger partial charge >= 0.3 is 12.1 Å². The van der Waals surface area contributed by atoms with Gasteiger partial charge in [0.05, 0.1) is 13.1 Å². The predicted molar refractivity (Wildman–Crippen MR) is 145 cm³/mol. The van der Waals surface area contributed by atoms with Gasteiger partial charge in [0, 0.05) is 26.2 Å². The van der Waals surface area contributed by atoms with Crippen molar-refractivity contribution in [3.63, 3.8) is 0 Å². The van der Waals surface area contributed by atoms with E-state index < -0.39 is 24.3 Å². The van der Waals surface area contributed by atoms with Crippen LogP contribution in [-0.2, 0) is 20.9 Å². The molecule has 2 aliphatic heterocycles. The fourth-order valence-corrected chi connectivity index (χ4v) is 5.80. The van der Waals surface area contributed by atoms with Crippen molar-refractivity contribution >= 4 is 23.9 Å². The van der Waals surface area contributed by atoms with Gasteiger partial charge in [-0.05, 0) is 43.4 Å². The number of piperazine rings is 1. The summed E-state index contributed by atoms with van der Waals surface area (Å²) in [5.74, 6) is -0.693. The quantitative estimate of drug-likeness (QED) is 0.356. The summed E-state index contributed by atoms with van der Waals surface area (Å²) in [6, 6.07) is 4.78. The average molecular weight is 559 g/mol. The van der Waals surface area contributed by atoms with Crippen LogP contribution in [0.15, 0.2) is 36.9 Å². The van der Waals surface area contributed by atoms with E-state index in [0.29, 0.717) is 12.8 Å². The standard InChI is InChI=1S/C28H39FN6O5/c1-3-16-40-28(39)30-15-7-10-23-26(37)33(22-8-5-4-6-9-22)18-24-34(23)25(36)19-32(2)35(24)27(38)31-17-20-11-13-21(29)14-12-20/h3,11-14,22-24H,1,4-10,15-19H2,2H3,(H,30,39)(H,31,38)/t23-,24-/m0/s1. The lowest BCUT2D eigenvalue weighted by Crippen LogP contribution is -2.76. The highest BCUT2D eigenvalue weighted by atomic mass is 19.1. The number of rotatable bonds is 9. The Bertz CT molecular complexity index is 1080. The molecular formula is C28H39FN6O5. The summed E-state index contributed by atoms with van der Waals surface area (Å²) in [4.78, 5) is 55.9. The number of nitrogens with zero attached hydrogens (tertiary/aromatic N) is 4. The number of urea groups is 1. The molecule has 2 atom stereocenters. The van der Waals surface area contributed by atoms with E-state index in [1.807, 2.05) is 4.90 Å². The molecule has 1 aliphatic carbocycles. The van der Waals surface area contributed by atoms with Crippen LogP contribution in [0.4, 0.5) is 14.0 Å². The minimum Gasteiger partial charge on any atom is -0.445 e. The number of alkyl carbamates (subject to hydrolysis) is 1. The van der Waals surface area contributed by atoms with Crippen molar-refractivity contribution in [3.8, 4) is 0 Å². The molecule has 1 aromatic carbocycles. The SMILES string of the molecule is C=CCOC(=O)NCCC[C@H]1C(=O)N(C2CCCCC2)C[C@H]2N1C(=O)CN(C)N2C(=O)NCc1ccc(F)cc1. The number of hydrazine groups is 1. The van der Waals surface area contributed by atoms with Gasteiger partial charge < -0.3 is 25.2 Å². The first-order chi connectivity index (χ1) is 19.3. The summed E-state index contributed by atoms with van der Waals surface area (Å²) in [7, 11) is 1.68. The third-order valence-electron chi connectivity index (χ3n) is 7.72. The first kappa shape index (κ1) is 29.3. The number of fused-ring (bicyclic) bond motifs is 1. The van der Waals surface area contributed by atoms with Crippen molar-refractivity contribution in [2.75, 3.05) is 33.3 Å². The van der Waals surface area contributed by atoms with Gasteiger partial charge in [-0.25, -0.2) is 24.0 Å². The van der Waals surface area contributed by atoms with Crippen LogP contribution in [0, 0.1) is 5.82 Å². The molecule has 5 amide bonds. The van der Waals surface area contributed by atoms with Gasteiger partial charge in [-0.1, -0.05) is 44.1 Å². The van der Waals surface area contributed by atoms with E-state index in [1.54, 1.807) is 29.1 Å². The lowest BCUT2D eigenvalue weighted by Gasteiger charge is -2.56. The second-order valence-corrected chi connectivity index (χ2v) is 10.5. The molecule has 12 heteroatoms. The van der Waals surface area contributed by atoms with Crippen molar-refractivity contribution in [2.24, 2.45) is 0 Å². The van der Waals surface area contributed by atoms with E-state index in [1.165, 1.54) is 23.2 Å². The summed E-state index contributed by atoms with van der Waals surface area (Å²) in [5, 5.41) is 8.65. The number of amides is 5. The Morgan fingerprint density at radius 1 is 1.12 bits per heavy atom. The minimum atomic E-state index is -0.750. The maximum atomic E-state index is 13.8. The Kier molecular flexibility index (Phi) is 9.97. The van der Waals surface area contributed by atoms with Crippen LogP contribution in [0.1, 0.15) is 50.5 Å². The van der Waals surface area contributed by atoms with Crippen LogP contribution in [0.25, 0.3) is 0 Å². The monoisotopic (exact) mass is 558 g/mol. The Morgan fingerprint density at radius 3 is 2.55 bits per heavy atom. The second-order valence-electron chi connectivity index (χ2n) is 10.5. The van der Waals surface area contributed by atoms with Crippen LogP contribution in [0.3, 0.4) is 0 Å². The second kappa shape index (κ2) is 13.6. The molecule has 3 fully saturated rings. The van der Waals surface area contributed by atoms with Crippen molar-refractivity contribution in [2.45, 2.75) is 69.7 Å². The Morgan fingerprint density at radius 2 is 1.85 bits per heavy atom. The molecule has 0 bridgehead atoms. The zero-order valence-electron chi connectivity index (χ0n) is 23.0. The molecule has 4 rings (SSSR count). The summed E-state index contributed by atoms with van der Waals surface area (Å²) in [6.45, 7) is 4.24. The van der Waals surface area contributed by atoms with Crippen LogP contribution < -0.4 is 10.6 Å². The molecule has 2 N–H and O–H groups in total. The van der Waals surface area contributed by atoms with Gasteiger partial charge in [0.1, 0.15) is 24.6 Å². The number of nitrogens with one attached hydrogen (secondary N) is 2. The molecular weight excluding hydrogens is 519 g/mol. The van der Waals surface area contributed by atoms with E-state index in [9.17, 15) is 23.6 Å². The zero-order valence-corrected chi connectivity index (χ0v) is 23.0. The first-order valence-electron chi connectivity index (χ1n) is 14.0. The Hall–Kier alpha value is -3.67. The van der Waals surface area contributed by atoms with Gasteiger partial charge in [0.2, 0.25) is 11.8 Å². The van der Waals surface area contributed by atoms with Gasteiger partial charge in [0.25, 0.3) is 0 Å². The van der Waals surface area contributed by atoms with Gasteiger partial charge in [-0.3, -0.25) is 9.59 Å². The zero-order chi connectivity index (χ0) is 28.6. The number of hydrogen-bond donors (Lipinski definition) is 2. The molecule has 0 spiro atoms. The van der Waals surface area contributed by atoms with Crippen LogP contribution in [0.5, 0.6) is 0 Å². The molecule has 0 unspecified atom stereocenters. The highest BCUT2D eigenvalue weighted by Gasteiger charge is 2.51. The lowest BCUT2D eigenvalue weighted by atomic mass is 9.91. The molecule has 1 aromatic rings. The average Bonchev–Trinajstić information content (AvgIpc) is 2.95. The summed E-state index contributed by atoms with van der Waals surface area (Å²) in [6.07, 6.45) is 5.99. The summed E-state index contributed by atoms with van der Waals surface area (Å²) < 4.78 is 18.2. The molecule has 11 nitrogen and oxygen atoms in total. The fourth-order valence-electron chi connectivity index (χ4n) is 5.80. The first-order valence-corrected chi connectivity index (χ1v) is 14.0. The Labute approximate surface area is 234 Å². The molecule has 0 radical (unpaired) electrons. The number of carbonyl (C=O) groups excluding carboxylic acids is 4. The highest BCUT2D eigenvalue weighted by molar-refractivity contribution is 5.91. The highest BCUT2D eigenvalue weighted by Crippen LogP contribution is 2.32. The number of halogens is 1. The largest absolute Gasteiger partial charge is 0.445 e. The van der Waals surface area contributed by atoms with Crippen molar-refractivity contribution in [1.82, 2.24) is 30.5 Å². The molecule has 2 saturated heterocycles. The normalized spacial score (nSPS) is 22.1. The van der Waals surface area contributed by atoms with E-state index in [2.05, 4.69) is 17.2 Å². The maximum Gasteiger partial charge on any atom is 0.407 e. The number of carbonyl (C=O) groups is 4. The number of hydrogen-bond acceptors (Lipinski definition) is 6. The number of ether oxygens (including phenoxy) is 1. The van der Waals surface area contributed by atoms with Crippen LogP contribution >= 0.6 is 0 Å². The number of benzene rings is 1. The topological polar surface area (TPSA) is 115 Å². The molecule has 40 heavy (non-hydrogen) atoms. The summed E-state index contributed by atoms with van der Waals surface area (Å²) in [5.41, 5.74) is 0.738. The van der Waals surface area contributed by atoms with Crippen molar-refractivity contribution < 1.29 is 28.3 Å². The van der Waals surface area contributed by atoms with Crippen molar-refractivity contribution in [3.05, 3.63) is 48.3 Å². The maximum absolute atomic E-state index is 13.8. The predicted octanol–water partition coefficient (Wildman–Crippen LogP) is 2.59. The van der Waals surface area contributed by atoms with E-state index >= 15 is 0 Å². The Balaban J connectivity index is 1.51. The molecule has 1 saturated carbocycles. The van der Waals surface area contributed by atoms with Crippen LogP contribution in [0.2, 0.25) is 0 Å². The molecule has 2 heterocycles. The molecule has 218 valence electrons. The number of likely N-dealkylation sites (N-methyl/N-ethyl adjacent to an activating group) is 1. The molecule has 3 aliphatic rings. The minimum absolute atomic E-state index is 0.0557. The fraction of sp³-hybridized carbons (Fsp3) is 0.571. The summed E-state index contributed by atoms with van der Waals surface area (Å²) >= 11 is 0.